The van der Waals surface area contributed by atoms with Gasteiger partial charge < -0.3 is 0 Å². The molecule has 1 rings (SSSR count). The number of benzene rings is 1. The number of hydrogen-bond donors (Lipinski definition) is 0. The van der Waals surface area contributed by atoms with Crippen molar-refractivity contribution in [3.63, 3.8) is 0 Å². The molecule has 0 aliphatic carbocycles. The smallest absolute Gasteiger partial charge is 0.0205 e. The van der Waals surface area contributed by atoms with Gasteiger partial charge in [0, 0.05) is 3.57 Å². The molecule has 0 aromatic heterocycles. The Hall–Kier alpha value is -0.310. The summed E-state index contributed by atoms with van der Waals surface area (Å²) in [6.45, 7) is 8.24. The number of hydrogen-bond acceptors (Lipinski definition) is 0. The van der Waals surface area contributed by atoms with Crippen LogP contribution < -0.4 is 0 Å². The van der Waals surface area contributed by atoms with Gasteiger partial charge in [-0.25, -0.2) is 0 Å². The molecule has 1 aromatic rings. The van der Waals surface area contributed by atoms with Gasteiger partial charge in [-0.3, -0.25) is 0 Å². The highest BCUT2D eigenvalue weighted by molar-refractivity contribution is 14.1. The topological polar surface area (TPSA) is 0 Å². The molecule has 0 N–H and O–H groups in total. The summed E-state index contributed by atoms with van der Waals surface area (Å²) in [5.74, 6) is 0.577. The van der Waals surface area contributed by atoms with Gasteiger partial charge in [0.05, 0.1) is 0 Å². The van der Waals surface area contributed by atoms with Crippen molar-refractivity contribution in [3.05, 3.63) is 39.5 Å². The first-order chi connectivity index (χ1) is 5.66. The Bertz CT molecular complexity index is 287. The third kappa shape index (κ3) is 1.89. The highest BCUT2D eigenvalue weighted by atomic mass is 127. The zero-order chi connectivity index (χ0) is 9.14. The highest BCUT2D eigenvalue weighted by Crippen LogP contribution is 2.24. The van der Waals surface area contributed by atoms with Gasteiger partial charge in [-0.2, -0.15) is 0 Å². The predicted octanol–water partition coefficient (Wildman–Crippen LogP) is 4.06. The molecule has 0 bridgehead atoms. The van der Waals surface area contributed by atoms with E-state index in [1.165, 1.54) is 14.7 Å². The molecule has 0 unspecified atom stereocenters. The molecule has 0 spiro atoms. The zero-order valence-corrected chi connectivity index (χ0v) is 9.63. The van der Waals surface area contributed by atoms with E-state index in [2.05, 4.69) is 61.2 Å². The van der Waals surface area contributed by atoms with E-state index < -0.39 is 0 Å². The molecule has 64 valence electrons. The van der Waals surface area contributed by atoms with Gasteiger partial charge in [-0.05, 0) is 45.7 Å². The Labute approximate surface area is 87.8 Å². The van der Waals surface area contributed by atoms with E-state index in [-0.39, 0.29) is 0 Å². The monoisotopic (exact) mass is 272 g/mol. The van der Waals surface area contributed by atoms with Crippen LogP contribution in [0.4, 0.5) is 0 Å². The van der Waals surface area contributed by atoms with Crippen LogP contribution in [0.1, 0.15) is 30.9 Å². The average Bonchev–Trinajstić information content (AvgIpc) is 2.03. The summed E-state index contributed by atoms with van der Waals surface area (Å²) >= 11 is 2.35. The molecule has 1 aromatic carbocycles. The lowest BCUT2D eigenvalue weighted by Crippen LogP contribution is -1.93. The van der Waals surface area contributed by atoms with Crippen LogP contribution in [0.3, 0.4) is 0 Å². The molecule has 0 saturated heterocycles. The van der Waals surface area contributed by atoms with Gasteiger partial charge in [-0.15, -0.1) is 0 Å². The van der Waals surface area contributed by atoms with Crippen LogP contribution in [0.15, 0.2) is 24.8 Å². The van der Waals surface area contributed by atoms with E-state index in [9.17, 15) is 0 Å². The minimum atomic E-state index is 0.577. The van der Waals surface area contributed by atoms with Gasteiger partial charge in [0.1, 0.15) is 0 Å². The maximum Gasteiger partial charge on any atom is 0.0205 e. The predicted molar refractivity (Wildman–Crippen MR) is 63.3 cm³/mol. The molecule has 0 nitrogen and oxygen atoms in total. The van der Waals surface area contributed by atoms with Gasteiger partial charge in [0.2, 0.25) is 0 Å². The van der Waals surface area contributed by atoms with Gasteiger partial charge in [-0.1, -0.05) is 38.6 Å². The van der Waals surface area contributed by atoms with Gasteiger partial charge in [0.15, 0.2) is 0 Å². The quantitative estimate of drug-likeness (QED) is 0.712. The van der Waals surface area contributed by atoms with E-state index in [1.54, 1.807) is 0 Å². The Balaban J connectivity index is 3.27. The largest absolute Gasteiger partial charge is 0.0984 e. The first kappa shape index (κ1) is 9.78. The highest BCUT2D eigenvalue weighted by Gasteiger charge is 2.05. The van der Waals surface area contributed by atoms with Crippen LogP contribution in [0.2, 0.25) is 0 Å². The minimum Gasteiger partial charge on any atom is -0.0984 e. The summed E-state index contributed by atoms with van der Waals surface area (Å²) in [6.07, 6.45) is 1.94. The lowest BCUT2D eigenvalue weighted by molar-refractivity contribution is 0.863. The minimum absolute atomic E-state index is 0.577. The Morgan fingerprint density at radius 3 is 2.50 bits per heavy atom. The third-order valence-electron chi connectivity index (χ3n) is 1.91. The molecule has 0 atom stereocenters. The van der Waals surface area contributed by atoms with Crippen molar-refractivity contribution in [1.82, 2.24) is 0 Å². The fourth-order valence-electron chi connectivity index (χ4n) is 1.27. The van der Waals surface area contributed by atoms with Crippen molar-refractivity contribution in [2.24, 2.45) is 0 Å². The van der Waals surface area contributed by atoms with Gasteiger partial charge in [0.25, 0.3) is 0 Å². The van der Waals surface area contributed by atoms with Gasteiger partial charge >= 0.3 is 0 Å². The van der Waals surface area contributed by atoms with E-state index in [0.29, 0.717) is 5.92 Å². The fourth-order valence-corrected chi connectivity index (χ4v) is 2.01. The van der Waals surface area contributed by atoms with Crippen molar-refractivity contribution in [1.29, 1.82) is 0 Å². The number of halogens is 1. The Morgan fingerprint density at radius 1 is 1.42 bits per heavy atom. The average molecular weight is 272 g/mol. The second-order valence-electron chi connectivity index (χ2n) is 3.10. The fraction of sp³-hybridized carbons (Fsp3) is 0.273. The summed E-state index contributed by atoms with van der Waals surface area (Å²) in [6, 6.07) is 6.39. The molecular weight excluding hydrogens is 259 g/mol. The van der Waals surface area contributed by atoms with Crippen LogP contribution in [0.5, 0.6) is 0 Å². The summed E-state index contributed by atoms with van der Waals surface area (Å²) in [4.78, 5) is 0. The maximum absolute atomic E-state index is 3.83. The van der Waals surface area contributed by atoms with E-state index in [4.69, 9.17) is 0 Å². The molecule has 12 heavy (non-hydrogen) atoms. The lowest BCUT2D eigenvalue weighted by Gasteiger charge is -2.10. The van der Waals surface area contributed by atoms with Crippen molar-refractivity contribution < 1.29 is 0 Å². The van der Waals surface area contributed by atoms with Crippen molar-refractivity contribution in [2.45, 2.75) is 19.8 Å². The Morgan fingerprint density at radius 2 is 2.08 bits per heavy atom. The van der Waals surface area contributed by atoms with Crippen LogP contribution in [-0.2, 0) is 0 Å². The summed E-state index contributed by atoms with van der Waals surface area (Å²) in [5.41, 5.74) is 2.67. The van der Waals surface area contributed by atoms with E-state index >= 15 is 0 Å². The molecule has 0 fully saturated rings. The number of rotatable bonds is 2. The zero-order valence-electron chi connectivity index (χ0n) is 7.47. The van der Waals surface area contributed by atoms with Crippen molar-refractivity contribution >= 4 is 28.7 Å². The van der Waals surface area contributed by atoms with Crippen LogP contribution in [0.25, 0.3) is 6.08 Å². The summed E-state index contributed by atoms with van der Waals surface area (Å²) < 4.78 is 1.29. The summed E-state index contributed by atoms with van der Waals surface area (Å²) in [7, 11) is 0. The van der Waals surface area contributed by atoms with Crippen LogP contribution in [-0.4, -0.2) is 0 Å². The van der Waals surface area contributed by atoms with Crippen LogP contribution in [0, 0.1) is 3.57 Å². The van der Waals surface area contributed by atoms with Crippen molar-refractivity contribution in [3.8, 4) is 0 Å². The normalized spacial score (nSPS) is 10.3. The third-order valence-corrected chi connectivity index (χ3v) is 2.85. The Kier molecular flexibility index (Phi) is 3.32. The lowest BCUT2D eigenvalue weighted by atomic mass is 9.97. The van der Waals surface area contributed by atoms with E-state index in [0.717, 1.165) is 0 Å². The second kappa shape index (κ2) is 4.08. The maximum atomic E-state index is 3.83. The molecular formula is C11H13I. The van der Waals surface area contributed by atoms with E-state index in [1.807, 2.05) is 6.08 Å². The molecule has 0 aliphatic rings. The molecule has 1 heteroatoms. The van der Waals surface area contributed by atoms with Crippen LogP contribution >= 0.6 is 22.6 Å². The van der Waals surface area contributed by atoms with Crippen molar-refractivity contribution in [2.75, 3.05) is 0 Å². The molecule has 0 heterocycles. The molecule has 0 aliphatic heterocycles. The second-order valence-corrected chi connectivity index (χ2v) is 4.26. The first-order valence-corrected chi connectivity index (χ1v) is 5.15. The molecule has 0 amide bonds. The SMILES string of the molecule is C=Cc1c(I)cccc1C(C)C. The molecule has 0 saturated carbocycles. The first-order valence-electron chi connectivity index (χ1n) is 4.07. The standard InChI is InChI=1S/C11H13I/c1-4-9-10(8(2)3)6-5-7-11(9)12/h4-8H,1H2,2-3H3. The molecule has 0 radical (unpaired) electrons. The summed E-state index contributed by atoms with van der Waals surface area (Å²) in [5, 5.41) is 0.